The summed E-state index contributed by atoms with van der Waals surface area (Å²) in [6.07, 6.45) is -3.17. The maximum Gasteiger partial charge on any atom is 0.433 e. The van der Waals surface area contributed by atoms with Crippen molar-refractivity contribution in [1.82, 2.24) is 14.3 Å². The van der Waals surface area contributed by atoms with E-state index < -0.39 is 21.9 Å². The summed E-state index contributed by atoms with van der Waals surface area (Å²) >= 11 is 16.1. The molecule has 1 aliphatic heterocycles. The summed E-state index contributed by atoms with van der Waals surface area (Å²) in [6.45, 7) is 0.659. The van der Waals surface area contributed by atoms with Crippen molar-refractivity contribution in [2.24, 2.45) is 0 Å². The predicted octanol–water partition coefficient (Wildman–Crippen LogP) is 4.53. The second-order valence-corrected chi connectivity index (χ2v) is 10.7. The van der Waals surface area contributed by atoms with Gasteiger partial charge in [0.2, 0.25) is 16.0 Å². The smallest absolute Gasteiger partial charge is 0.339 e. The Morgan fingerprint density at radius 1 is 1.14 bits per heavy atom. The lowest BCUT2D eigenvalue weighted by molar-refractivity contribution is -0.141. The fourth-order valence-electron chi connectivity index (χ4n) is 2.68. The maximum absolute atomic E-state index is 13.0. The van der Waals surface area contributed by atoms with Crippen molar-refractivity contribution in [3.63, 3.8) is 0 Å². The number of thiophene rings is 1. The highest BCUT2D eigenvalue weighted by atomic mass is 79.9. The van der Waals surface area contributed by atoms with E-state index in [2.05, 4.69) is 25.9 Å². The third-order valence-corrected chi connectivity index (χ3v) is 9.36. The molecule has 0 unspecified atom stereocenters. The highest BCUT2D eigenvalue weighted by Gasteiger charge is 2.35. The Kier molecular flexibility index (Phi) is 6.47. The van der Waals surface area contributed by atoms with Gasteiger partial charge in [0.25, 0.3) is 0 Å². The van der Waals surface area contributed by atoms with Crippen LogP contribution < -0.4 is 4.90 Å². The van der Waals surface area contributed by atoms with E-state index >= 15 is 0 Å². The van der Waals surface area contributed by atoms with Crippen molar-refractivity contribution in [3.05, 3.63) is 31.1 Å². The summed E-state index contributed by atoms with van der Waals surface area (Å²) in [7, 11) is -3.93. The van der Waals surface area contributed by atoms with Gasteiger partial charge in [-0.1, -0.05) is 23.2 Å². The molecular formula is C14H12BrCl2F3N4O2S2. The van der Waals surface area contributed by atoms with Crippen LogP contribution in [0.2, 0.25) is 8.67 Å². The third kappa shape index (κ3) is 4.41. The fourth-order valence-corrected chi connectivity index (χ4v) is 7.63. The van der Waals surface area contributed by atoms with Crippen molar-refractivity contribution < 1.29 is 21.6 Å². The van der Waals surface area contributed by atoms with Crippen molar-refractivity contribution >= 4 is 66.4 Å². The number of nitrogens with zero attached hydrogens (tertiary/aromatic N) is 4. The number of hydrogen-bond donors (Lipinski definition) is 0. The van der Waals surface area contributed by atoms with Crippen molar-refractivity contribution in [1.29, 1.82) is 0 Å². The van der Waals surface area contributed by atoms with Crippen LogP contribution in [0.5, 0.6) is 0 Å². The summed E-state index contributed by atoms with van der Waals surface area (Å²) in [4.78, 5) is 8.89. The van der Waals surface area contributed by atoms with Gasteiger partial charge in [0.15, 0.2) is 0 Å². The Morgan fingerprint density at radius 2 is 1.86 bits per heavy atom. The molecule has 3 rings (SSSR count). The number of halogens is 6. The number of sulfonamides is 1. The summed E-state index contributed by atoms with van der Waals surface area (Å²) < 4.78 is 66.3. The molecule has 0 atom stereocenters. The van der Waals surface area contributed by atoms with Crippen LogP contribution in [0.4, 0.5) is 19.1 Å². The van der Waals surface area contributed by atoms with E-state index in [1.807, 2.05) is 0 Å². The van der Waals surface area contributed by atoms with Crippen molar-refractivity contribution in [3.8, 4) is 0 Å². The van der Waals surface area contributed by atoms with Gasteiger partial charge in [-0.2, -0.15) is 17.5 Å². The minimum atomic E-state index is -4.58. The van der Waals surface area contributed by atoms with Crippen LogP contribution in [0.25, 0.3) is 0 Å². The average Bonchev–Trinajstić information content (AvgIpc) is 2.80. The SMILES string of the molecule is O=S(=O)(c1c(Cl)sc(Cl)c1Br)N1CCCN(c2nccc(C(F)(F)F)n2)CC1. The van der Waals surface area contributed by atoms with E-state index in [-0.39, 0.29) is 43.6 Å². The monoisotopic (exact) mass is 538 g/mol. The van der Waals surface area contributed by atoms with Crippen LogP contribution >= 0.6 is 50.5 Å². The molecule has 0 saturated carbocycles. The lowest BCUT2D eigenvalue weighted by atomic mass is 10.4. The highest BCUT2D eigenvalue weighted by molar-refractivity contribution is 9.10. The number of hydrogen-bond acceptors (Lipinski definition) is 6. The lowest BCUT2D eigenvalue weighted by Crippen LogP contribution is -2.35. The first-order valence-corrected chi connectivity index (χ1v) is 11.6. The zero-order valence-corrected chi connectivity index (χ0v) is 18.6. The predicted molar refractivity (Wildman–Crippen MR) is 105 cm³/mol. The standard InChI is InChI=1S/C14H12BrCl2F3N4O2S2/c15-9-10(12(17)27-11(9)16)28(25,26)24-5-1-4-23(6-7-24)13-21-3-2-8(22-13)14(18,19)20/h2-3H,1,4-7H2. The quantitative estimate of drug-likeness (QED) is 0.573. The molecule has 1 fully saturated rings. The molecule has 28 heavy (non-hydrogen) atoms. The molecular weight excluding hydrogens is 528 g/mol. The van der Waals surface area contributed by atoms with Gasteiger partial charge >= 0.3 is 6.18 Å². The Balaban J connectivity index is 1.82. The summed E-state index contributed by atoms with van der Waals surface area (Å²) in [5.41, 5.74) is -1.05. The van der Waals surface area contributed by atoms with Gasteiger partial charge in [-0.15, -0.1) is 11.3 Å². The second kappa shape index (κ2) is 8.23. The van der Waals surface area contributed by atoms with E-state index in [9.17, 15) is 21.6 Å². The molecule has 6 nitrogen and oxygen atoms in total. The molecule has 2 aromatic heterocycles. The number of alkyl halides is 3. The van der Waals surface area contributed by atoms with E-state index in [1.54, 1.807) is 0 Å². The molecule has 0 amide bonds. The molecule has 1 saturated heterocycles. The Morgan fingerprint density at radius 3 is 2.46 bits per heavy atom. The first-order chi connectivity index (χ1) is 13.0. The summed E-state index contributed by atoms with van der Waals surface area (Å²) in [6, 6.07) is 0.790. The number of rotatable bonds is 3. The van der Waals surface area contributed by atoms with Gasteiger partial charge < -0.3 is 4.90 Å². The van der Waals surface area contributed by atoms with Gasteiger partial charge in [0.1, 0.15) is 19.3 Å². The molecule has 14 heteroatoms. The van der Waals surface area contributed by atoms with Crippen LogP contribution in [-0.4, -0.2) is 48.9 Å². The van der Waals surface area contributed by atoms with Crippen molar-refractivity contribution in [2.75, 3.05) is 31.1 Å². The molecule has 154 valence electrons. The average molecular weight is 540 g/mol. The minimum absolute atomic E-state index is 0.0399. The van der Waals surface area contributed by atoms with Crippen LogP contribution in [0.3, 0.4) is 0 Å². The molecule has 0 bridgehead atoms. The first-order valence-electron chi connectivity index (χ1n) is 7.80. The van der Waals surface area contributed by atoms with Gasteiger partial charge in [-0.25, -0.2) is 18.4 Å². The Hall–Kier alpha value is -0.660. The highest BCUT2D eigenvalue weighted by Crippen LogP contribution is 2.44. The van der Waals surface area contributed by atoms with Gasteiger partial charge in [-0.3, -0.25) is 0 Å². The van der Waals surface area contributed by atoms with Crippen molar-refractivity contribution in [2.45, 2.75) is 17.5 Å². The van der Waals surface area contributed by atoms with Gasteiger partial charge in [0.05, 0.1) is 4.47 Å². The molecule has 1 aliphatic rings. The Labute approximate surface area is 181 Å². The topological polar surface area (TPSA) is 66.4 Å². The molecule has 0 aromatic carbocycles. The summed E-state index contributed by atoms with van der Waals surface area (Å²) in [5, 5.41) is 0. The first kappa shape index (κ1) is 22.0. The van der Waals surface area contributed by atoms with E-state index in [0.717, 1.165) is 23.6 Å². The molecule has 2 aromatic rings. The largest absolute Gasteiger partial charge is 0.433 e. The van der Waals surface area contributed by atoms with E-state index in [1.165, 1.54) is 9.21 Å². The normalized spacial score (nSPS) is 17.0. The van der Waals surface area contributed by atoms with Crippen LogP contribution in [0.1, 0.15) is 12.1 Å². The van der Waals surface area contributed by atoms with Crippen LogP contribution in [0.15, 0.2) is 21.6 Å². The third-order valence-electron chi connectivity index (χ3n) is 4.00. The molecule has 0 N–H and O–H groups in total. The molecule has 0 spiro atoms. The molecule has 3 heterocycles. The van der Waals surface area contributed by atoms with E-state index in [4.69, 9.17) is 23.2 Å². The van der Waals surface area contributed by atoms with E-state index in [0.29, 0.717) is 13.0 Å². The second-order valence-electron chi connectivity index (χ2n) is 5.78. The Bertz CT molecular complexity index is 987. The van der Waals surface area contributed by atoms with Gasteiger partial charge in [-0.05, 0) is 28.4 Å². The molecule has 0 radical (unpaired) electrons. The number of anilines is 1. The van der Waals surface area contributed by atoms with Crippen LogP contribution in [-0.2, 0) is 16.2 Å². The zero-order valence-electron chi connectivity index (χ0n) is 13.9. The van der Waals surface area contributed by atoms with Gasteiger partial charge in [0, 0.05) is 32.4 Å². The lowest BCUT2D eigenvalue weighted by Gasteiger charge is -2.22. The number of aromatic nitrogens is 2. The maximum atomic E-state index is 13.0. The zero-order chi connectivity index (χ0) is 20.7. The minimum Gasteiger partial charge on any atom is -0.339 e. The van der Waals surface area contributed by atoms with Crippen LogP contribution in [0, 0.1) is 0 Å². The molecule has 0 aliphatic carbocycles. The summed E-state index contributed by atoms with van der Waals surface area (Å²) in [5.74, 6) is -0.0909. The fraction of sp³-hybridized carbons (Fsp3) is 0.429.